The average Bonchev–Trinajstić information content (AvgIpc) is 3.57. The number of rotatable bonds is 11. The molecular formula is C37H31N3O6S. The molecule has 3 N–H and O–H groups in total. The van der Waals surface area contributed by atoms with E-state index in [1.54, 1.807) is 84.9 Å². The van der Waals surface area contributed by atoms with Gasteiger partial charge in [0, 0.05) is 33.5 Å². The number of hydrogen-bond acceptors (Lipinski definition) is 7. The molecule has 0 bridgehead atoms. The Morgan fingerprint density at radius 1 is 0.745 bits per heavy atom. The number of ether oxygens (including phenoxy) is 1. The Bertz CT molecular complexity index is 1900. The van der Waals surface area contributed by atoms with E-state index in [0.717, 1.165) is 16.0 Å². The molecule has 0 fully saturated rings. The van der Waals surface area contributed by atoms with Crippen LogP contribution in [0.15, 0.2) is 130 Å². The minimum Gasteiger partial charge on any atom is -0.465 e. The summed E-state index contributed by atoms with van der Waals surface area (Å²) in [5, 5.41) is 8.32. The second kappa shape index (κ2) is 15.4. The molecule has 5 aromatic rings. The van der Waals surface area contributed by atoms with Crippen molar-refractivity contribution in [3.05, 3.63) is 143 Å². The number of carbonyl (C=O) groups is 4. The summed E-state index contributed by atoms with van der Waals surface area (Å²) in [6.07, 6.45) is 1.49. The molecule has 47 heavy (non-hydrogen) atoms. The minimum absolute atomic E-state index is 0.00148. The molecule has 236 valence electrons. The van der Waals surface area contributed by atoms with Crippen molar-refractivity contribution in [1.29, 1.82) is 0 Å². The third-order valence-electron chi connectivity index (χ3n) is 6.85. The lowest BCUT2D eigenvalue weighted by molar-refractivity contribution is -0.114. The van der Waals surface area contributed by atoms with Crippen molar-refractivity contribution in [1.82, 2.24) is 5.32 Å². The van der Waals surface area contributed by atoms with Gasteiger partial charge < -0.3 is 25.1 Å². The van der Waals surface area contributed by atoms with Crippen LogP contribution in [0.3, 0.4) is 0 Å². The number of benzene rings is 4. The van der Waals surface area contributed by atoms with Gasteiger partial charge in [0.05, 0.1) is 18.4 Å². The Labute approximate surface area is 276 Å². The second-order valence-corrected chi connectivity index (χ2v) is 11.4. The molecule has 5 rings (SSSR count). The molecule has 0 aliphatic heterocycles. The van der Waals surface area contributed by atoms with E-state index in [9.17, 15) is 19.2 Å². The average molecular weight is 646 g/mol. The fourth-order valence-electron chi connectivity index (χ4n) is 4.37. The Morgan fingerprint density at radius 3 is 2.09 bits per heavy atom. The number of nitrogens with one attached hydrogen (secondary N) is 3. The standard InChI is InChI=1S/C37H31N3O6S/c1-24-8-10-25(11-9-24)33-21-18-30(46-33)22-32(40-35(42)26-6-4-3-5-7-26)36(43)39-29-16-19-31(20-17-29)47-23-34(41)38-28-14-12-27(13-15-28)37(44)45-2/h3-22H,23H2,1-2H3,(H,38,41)(H,39,43)(H,40,42)/b32-22-. The number of anilines is 2. The van der Waals surface area contributed by atoms with E-state index in [4.69, 9.17) is 4.42 Å². The lowest BCUT2D eigenvalue weighted by Gasteiger charge is -2.11. The van der Waals surface area contributed by atoms with Crippen LogP contribution in [-0.4, -0.2) is 36.6 Å². The first kappa shape index (κ1) is 32.5. The van der Waals surface area contributed by atoms with E-state index in [1.165, 1.54) is 24.9 Å². The van der Waals surface area contributed by atoms with Gasteiger partial charge in [0.25, 0.3) is 11.8 Å². The first-order valence-corrected chi connectivity index (χ1v) is 15.5. The Morgan fingerprint density at radius 2 is 1.40 bits per heavy atom. The van der Waals surface area contributed by atoms with Crippen LogP contribution < -0.4 is 16.0 Å². The molecule has 1 aromatic heterocycles. The summed E-state index contributed by atoms with van der Waals surface area (Å²) in [5.41, 5.74) is 3.86. The topological polar surface area (TPSA) is 127 Å². The van der Waals surface area contributed by atoms with E-state index >= 15 is 0 Å². The second-order valence-electron chi connectivity index (χ2n) is 10.3. The zero-order valence-corrected chi connectivity index (χ0v) is 26.4. The molecule has 0 aliphatic carbocycles. The van der Waals surface area contributed by atoms with Crippen LogP contribution in [0.1, 0.15) is 32.0 Å². The quantitative estimate of drug-likeness (QED) is 0.0789. The molecule has 0 radical (unpaired) electrons. The molecule has 4 aromatic carbocycles. The van der Waals surface area contributed by atoms with Crippen molar-refractivity contribution in [2.24, 2.45) is 0 Å². The summed E-state index contributed by atoms with van der Waals surface area (Å²) in [4.78, 5) is 51.3. The maximum Gasteiger partial charge on any atom is 0.337 e. The van der Waals surface area contributed by atoms with Crippen molar-refractivity contribution in [3.8, 4) is 11.3 Å². The third-order valence-corrected chi connectivity index (χ3v) is 7.86. The zero-order chi connectivity index (χ0) is 33.2. The van der Waals surface area contributed by atoms with Gasteiger partial charge in [-0.15, -0.1) is 11.8 Å². The van der Waals surface area contributed by atoms with Crippen LogP contribution in [0.4, 0.5) is 11.4 Å². The molecule has 0 saturated heterocycles. The normalized spacial score (nSPS) is 11.0. The molecule has 0 unspecified atom stereocenters. The van der Waals surface area contributed by atoms with E-state index in [-0.39, 0.29) is 17.4 Å². The highest BCUT2D eigenvalue weighted by molar-refractivity contribution is 8.00. The first-order valence-electron chi connectivity index (χ1n) is 14.5. The van der Waals surface area contributed by atoms with E-state index in [1.807, 2.05) is 37.3 Å². The van der Waals surface area contributed by atoms with E-state index in [2.05, 4.69) is 20.7 Å². The lowest BCUT2D eigenvalue weighted by atomic mass is 10.1. The highest BCUT2D eigenvalue weighted by atomic mass is 32.2. The minimum atomic E-state index is -0.541. The van der Waals surface area contributed by atoms with Crippen molar-refractivity contribution in [3.63, 3.8) is 0 Å². The molecule has 10 heteroatoms. The molecule has 0 saturated carbocycles. The smallest absolute Gasteiger partial charge is 0.337 e. The number of carbonyl (C=O) groups excluding carboxylic acids is 4. The SMILES string of the molecule is COC(=O)c1ccc(NC(=O)CSc2ccc(NC(=O)/C(=C/c3ccc(-c4ccc(C)cc4)o3)NC(=O)c3ccccc3)cc2)cc1. The number of methoxy groups -OCH3 is 1. The van der Waals surface area contributed by atoms with Gasteiger partial charge in [-0.25, -0.2) is 4.79 Å². The van der Waals surface area contributed by atoms with Crippen LogP contribution in [0, 0.1) is 6.92 Å². The molecule has 0 atom stereocenters. The van der Waals surface area contributed by atoms with Gasteiger partial charge >= 0.3 is 5.97 Å². The van der Waals surface area contributed by atoms with Crippen LogP contribution in [0.25, 0.3) is 17.4 Å². The van der Waals surface area contributed by atoms with E-state index in [0.29, 0.717) is 34.0 Å². The van der Waals surface area contributed by atoms with Gasteiger partial charge in [-0.1, -0.05) is 48.0 Å². The summed E-state index contributed by atoms with van der Waals surface area (Å²) in [6.45, 7) is 2.00. The fraction of sp³-hybridized carbons (Fsp3) is 0.0811. The number of hydrogen-bond donors (Lipinski definition) is 3. The van der Waals surface area contributed by atoms with Gasteiger partial charge in [-0.05, 0) is 79.7 Å². The maximum atomic E-state index is 13.4. The monoisotopic (exact) mass is 645 g/mol. The summed E-state index contributed by atoms with van der Waals surface area (Å²) in [6, 6.07) is 33.4. The van der Waals surface area contributed by atoms with Crippen molar-refractivity contribution in [2.45, 2.75) is 11.8 Å². The lowest BCUT2D eigenvalue weighted by Crippen LogP contribution is -2.30. The Balaban J connectivity index is 1.23. The number of esters is 1. The summed E-state index contributed by atoms with van der Waals surface area (Å²) < 4.78 is 10.7. The van der Waals surface area contributed by atoms with Crippen LogP contribution in [-0.2, 0) is 14.3 Å². The molecule has 3 amide bonds. The molecule has 1 heterocycles. The first-order chi connectivity index (χ1) is 22.8. The van der Waals surface area contributed by atoms with Gasteiger partial charge in [-0.3, -0.25) is 14.4 Å². The molecule has 0 aliphatic rings. The summed E-state index contributed by atoms with van der Waals surface area (Å²) in [5.74, 6) is -0.483. The predicted molar refractivity (Wildman–Crippen MR) is 183 cm³/mol. The van der Waals surface area contributed by atoms with Crippen LogP contribution in [0.5, 0.6) is 0 Å². The van der Waals surface area contributed by atoms with Crippen LogP contribution >= 0.6 is 11.8 Å². The fourth-order valence-corrected chi connectivity index (χ4v) is 5.07. The number of amides is 3. The summed E-state index contributed by atoms with van der Waals surface area (Å²) >= 11 is 1.32. The van der Waals surface area contributed by atoms with Crippen LogP contribution in [0.2, 0.25) is 0 Å². The highest BCUT2D eigenvalue weighted by Crippen LogP contribution is 2.25. The van der Waals surface area contributed by atoms with Gasteiger partial charge in [0.15, 0.2) is 0 Å². The Hall–Kier alpha value is -5.87. The van der Waals surface area contributed by atoms with Gasteiger partial charge in [0.2, 0.25) is 5.91 Å². The van der Waals surface area contributed by atoms with E-state index < -0.39 is 17.8 Å². The maximum absolute atomic E-state index is 13.4. The number of furan rings is 1. The third kappa shape index (κ3) is 9.09. The van der Waals surface area contributed by atoms with Crippen molar-refractivity contribution < 1.29 is 28.3 Å². The van der Waals surface area contributed by atoms with Crippen molar-refractivity contribution >= 4 is 52.9 Å². The molecule has 0 spiro atoms. The number of thioether (sulfide) groups is 1. The number of aryl methyl sites for hydroxylation is 1. The van der Waals surface area contributed by atoms with Gasteiger partial charge in [-0.2, -0.15) is 0 Å². The largest absolute Gasteiger partial charge is 0.465 e. The van der Waals surface area contributed by atoms with Gasteiger partial charge in [0.1, 0.15) is 17.2 Å². The highest BCUT2D eigenvalue weighted by Gasteiger charge is 2.17. The Kier molecular flexibility index (Phi) is 10.7. The molecular weight excluding hydrogens is 614 g/mol. The molecule has 9 nitrogen and oxygen atoms in total. The summed E-state index contributed by atoms with van der Waals surface area (Å²) in [7, 11) is 1.31. The van der Waals surface area contributed by atoms with Crippen molar-refractivity contribution in [2.75, 3.05) is 23.5 Å². The zero-order valence-electron chi connectivity index (χ0n) is 25.6. The predicted octanol–water partition coefficient (Wildman–Crippen LogP) is 7.18.